The molecular formula is C12H19NS. The number of nitrogens with one attached hydrogen (secondary N) is 1. The zero-order valence-corrected chi connectivity index (χ0v) is 10.2. The molecule has 1 N–H and O–H groups in total. The topological polar surface area (TPSA) is 12.0 Å². The zero-order valence-electron chi connectivity index (χ0n) is 9.42. The maximum Gasteiger partial charge on any atom is 0.0375 e. The number of anilines is 1. The molecule has 0 saturated heterocycles. The average Bonchev–Trinajstić information content (AvgIpc) is 2.17. The van der Waals surface area contributed by atoms with Crippen molar-refractivity contribution >= 4 is 17.4 Å². The summed E-state index contributed by atoms with van der Waals surface area (Å²) in [4.78, 5) is 1.34. The summed E-state index contributed by atoms with van der Waals surface area (Å²) in [7, 11) is 0. The summed E-state index contributed by atoms with van der Waals surface area (Å²) in [6, 6.07) is 7.13. The van der Waals surface area contributed by atoms with Gasteiger partial charge in [0.05, 0.1) is 0 Å². The molecule has 0 atom stereocenters. The van der Waals surface area contributed by atoms with Gasteiger partial charge >= 0.3 is 0 Å². The predicted octanol–water partition coefficient (Wildman–Crippen LogP) is 3.79. The summed E-state index contributed by atoms with van der Waals surface area (Å²) < 4.78 is 0. The van der Waals surface area contributed by atoms with E-state index in [-0.39, 0.29) is 0 Å². The maximum atomic E-state index is 3.47. The highest BCUT2D eigenvalue weighted by molar-refractivity contribution is 7.98. The summed E-state index contributed by atoms with van der Waals surface area (Å²) in [5, 5.41) is 3.47. The lowest BCUT2D eigenvalue weighted by molar-refractivity contribution is 0.893. The largest absolute Gasteiger partial charge is 0.383 e. The molecule has 0 unspecified atom stereocenters. The van der Waals surface area contributed by atoms with Crippen LogP contribution in [-0.4, -0.2) is 12.3 Å². The van der Waals surface area contributed by atoms with Gasteiger partial charge in [0.25, 0.3) is 0 Å². The van der Waals surface area contributed by atoms with Gasteiger partial charge in [0.1, 0.15) is 0 Å². The second-order valence-corrected chi connectivity index (χ2v) is 4.56. The van der Waals surface area contributed by atoms with Gasteiger partial charge in [-0.25, -0.2) is 0 Å². The van der Waals surface area contributed by atoms with Crippen LogP contribution in [0.15, 0.2) is 23.1 Å². The van der Waals surface area contributed by atoms with Crippen molar-refractivity contribution in [2.45, 2.75) is 38.1 Å². The van der Waals surface area contributed by atoms with Crippen LogP contribution in [0.25, 0.3) is 0 Å². The van der Waals surface area contributed by atoms with Crippen LogP contribution >= 0.6 is 11.8 Å². The first-order valence-electron chi connectivity index (χ1n) is 5.10. The predicted molar refractivity (Wildman–Crippen MR) is 66.4 cm³/mol. The Morgan fingerprint density at radius 1 is 1.36 bits per heavy atom. The van der Waals surface area contributed by atoms with Crippen LogP contribution in [0, 0.1) is 0 Å². The third-order valence-electron chi connectivity index (χ3n) is 2.14. The van der Waals surface area contributed by atoms with Crippen LogP contribution in [-0.2, 0) is 6.42 Å². The van der Waals surface area contributed by atoms with Crippen LogP contribution in [0.5, 0.6) is 0 Å². The fraction of sp³-hybridized carbons (Fsp3) is 0.500. The number of aryl methyl sites for hydroxylation is 1. The Morgan fingerprint density at radius 3 is 2.57 bits per heavy atom. The van der Waals surface area contributed by atoms with Gasteiger partial charge in [-0.2, -0.15) is 0 Å². The first-order chi connectivity index (χ1) is 6.67. The molecule has 0 radical (unpaired) electrons. The molecule has 0 spiro atoms. The number of thioether (sulfide) groups is 1. The fourth-order valence-electron chi connectivity index (χ4n) is 1.44. The molecule has 0 aliphatic rings. The quantitative estimate of drug-likeness (QED) is 0.757. The van der Waals surface area contributed by atoms with E-state index in [0.717, 1.165) is 6.42 Å². The van der Waals surface area contributed by atoms with E-state index in [1.54, 1.807) is 11.8 Å². The summed E-state index contributed by atoms with van der Waals surface area (Å²) in [5.74, 6) is 0. The van der Waals surface area contributed by atoms with Crippen molar-refractivity contribution < 1.29 is 0 Å². The molecule has 0 fully saturated rings. The Balaban J connectivity index is 2.93. The van der Waals surface area contributed by atoms with Gasteiger partial charge in [-0.1, -0.05) is 6.92 Å². The molecule has 78 valence electrons. The van der Waals surface area contributed by atoms with E-state index in [9.17, 15) is 0 Å². The van der Waals surface area contributed by atoms with Gasteiger partial charge in [0.15, 0.2) is 0 Å². The lowest BCUT2D eigenvalue weighted by atomic mass is 10.1. The van der Waals surface area contributed by atoms with Crippen molar-refractivity contribution in [3.05, 3.63) is 23.8 Å². The van der Waals surface area contributed by atoms with Crippen LogP contribution in [0.3, 0.4) is 0 Å². The van der Waals surface area contributed by atoms with E-state index >= 15 is 0 Å². The van der Waals surface area contributed by atoms with Crippen molar-refractivity contribution in [3.63, 3.8) is 0 Å². The van der Waals surface area contributed by atoms with E-state index in [2.05, 4.69) is 50.5 Å². The second kappa shape index (κ2) is 5.30. The monoisotopic (exact) mass is 209 g/mol. The first-order valence-corrected chi connectivity index (χ1v) is 6.33. The summed E-state index contributed by atoms with van der Waals surface area (Å²) in [6.07, 6.45) is 3.20. The highest BCUT2D eigenvalue weighted by Gasteiger charge is 2.02. The lowest BCUT2D eigenvalue weighted by Crippen LogP contribution is -2.11. The van der Waals surface area contributed by atoms with E-state index in [4.69, 9.17) is 0 Å². The molecule has 1 nitrogen and oxygen atoms in total. The Labute approximate surface area is 91.3 Å². The second-order valence-electron chi connectivity index (χ2n) is 3.68. The minimum Gasteiger partial charge on any atom is -0.383 e. The molecule has 1 aromatic rings. The molecular weight excluding hydrogens is 190 g/mol. The lowest BCUT2D eigenvalue weighted by Gasteiger charge is -2.14. The van der Waals surface area contributed by atoms with E-state index < -0.39 is 0 Å². The van der Waals surface area contributed by atoms with E-state index in [1.807, 2.05) is 0 Å². The van der Waals surface area contributed by atoms with E-state index in [0.29, 0.717) is 6.04 Å². The Kier molecular flexibility index (Phi) is 4.33. The van der Waals surface area contributed by atoms with Gasteiger partial charge in [-0.3, -0.25) is 0 Å². The van der Waals surface area contributed by atoms with Crippen molar-refractivity contribution in [1.82, 2.24) is 0 Å². The zero-order chi connectivity index (χ0) is 10.6. The van der Waals surface area contributed by atoms with Gasteiger partial charge in [-0.15, -0.1) is 11.8 Å². The highest BCUT2D eigenvalue weighted by Crippen LogP contribution is 2.23. The minimum absolute atomic E-state index is 0.500. The average molecular weight is 209 g/mol. The summed E-state index contributed by atoms with van der Waals surface area (Å²) in [5.41, 5.74) is 2.69. The van der Waals surface area contributed by atoms with E-state index in [1.165, 1.54) is 16.1 Å². The molecule has 14 heavy (non-hydrogen) atoms. The van der Waals surface area contributed by atoms with Crippen LogP contribution in [0.2, 0.25) is 0 Å². The Morgan fingerprint density at radius 2 is 2.07 bits per heavy atom. The van der Waals surface area contributed by atoms with Crippen molar-refractivity contribution in [1.29, 1.82) is 0 Å². The van der Waals surface area contributed by atoms with Gasteiger partial charge < -0.3 is 5.32 Å². The van der Waals surface area contributed by atoms with Gasteiger partial charge in [-0.05, 0) is 50.3 Å². The number of hydrogen-bond acceptors (Lipinski definition) is 2. The number of hydrogen-bond donors (Lipinski definition) is 1. The molecule has 2 heteroatoms. The molecule has 0 heterocycles. The summed E-state index contributed by atoms with van der Waals surface area (Å²) >= 11 is 1.80. The smallest absolute Gasteiger partial charge is 0.0375 e. The van der Waals surface area contributed by atoms with Crippen LogP contribution in [0.1, 0.15) is 26.3 Å². The third kappa shape index (κ3) is 2.95. The minimum atomic E-state index is 0.500. The van der Waals surface area contributed by atoms with Crippen LogP contribution < -0.4 is 5.32 Å². The standard InChI is InChI=1S/C12H19NS/c1-5-10-8-11(14-4)6-7-12(10)13-9(2)3/h6-9,13H,5H2,1-4H3. The SMILES string of the molecule is CCc1cc(SC)ccc1NC(C)C. The fourth-order valence-corrected chi connectivity index (χ4v) is 1.91. The van der Waals surface area contributed by atoms with Crippen LogP contribution in [0.4, 0.5) is 5.69 Å². The molecule has 0 saturated carbocycles. The van der Waals surface area contributed by atoms with Crippen molar-refractivity contribution in [2.75, 3.05) is 11.6 Å². The third-order valence-corrected chi connectivity index (χ3v) is 2.86. The molecule has 1 rings (SSSR count). The number of rotatable bonds is 4. The molecule has 0 aliphatic carbocycles. The molecule has 1 aromatic carbocycles. The first kappa shape index (κ1) is 11.4. The molecule has 0 bridgehead atoms. The molecule has 0 amide bonds. The normalized spacial score (nSPS) is 10.6. The Bertz CT molecular complexity index is 294. The van der Waals surface area contributed by atoms with Crippen molar-refractivity contribution in [2.24, 2.45) is 0 Å². The van der Waals surface area contributed by atoms with Gasteiger partial charge in [0.2, 0.25) is 0 Å². The number of benzene rings is 1. The molecule has 0 aromatic heterocycles. The Hall–Kier alpha value is -0.630. The molecule has 0 aliphatic heterocycles. The maximum absolute atomic E-state index is 3.47. The summed E-state index contributed by atoms with van der Waals surface area (Å²) in [6.45, 7) is 6.54. The van der Waals surface area contributed by atoms with Gasteiger partial charge in [0, 0.05) is 16.6 Å². The highest BCUT2D eigenvalue weighted by atomic mass is 32.2. The van der Waals surface area contributed by atoms with Crippen molar-refractivity contribution in [3.8, 4) is 0 Å².